The molecule has 0 atom stereocenters. The Morgan fingerprint density at radius 1 is 1.10 bits per heavy atom. The van der Waals surface area contributed by atoms with Gasteiger partial charge in [-0.3, -0.25) is 0 Å². The summed E-state index contributed by atoms with van der Waals surface area (Å²) in [4.78, 5) is 9.35. The van der Waals surface area contributed by atoms with Crippen LogP contribution in [0.15, 0.2) is 30.5 Å². The molecule has 1 aromatic carbocycles. The van der Waals surface area contributed by atoms with Crippen LogP contribution in [0.25, 0.3) is 10.8 Å². The summed E-state index contributed by atoms with van der Waals surface area (Å²) in [5, 5.41) is 11.7. The van der Waals surface area contributed by atoms with Crippen LogP contribution in [0.5, 0.6) is 0 Å². The lowest BCUT2D eigenvalue weighted by Crippen LogP contribution is -2.29. The van der Waals surface area contributed by atoms with Gasteiger partial charge >= 0.3 is 0 Å². The SMILES string of the molecule is CN1CCCN(c2ncc(CO)c3ccccc23)CC1. The average Bonchev–Trinajstić information content (AvgIpc) is 2.71. The molecule has 3 rings (SSSR count). The molecule has 106 valence electrons. The van der Waals surface area contributed by atoms with Gasteiger partial charge in [-0.2, -0.15) is 0 Å². The standard InChI is InChI=1S/C16H21N3O/c1-18-7-4-8-19(10-9-18)16-15-6-3-2-5-14(15)13(12-20)11-17-16/h2-3,5-6,11,20H,4,7-10,12H2,1H3. The number of rotatable bonds is 2. The monoisotopic (exact) mass is 271 g/mol. The third-order valence-electron chi connectivity index (χ3n) is 4.05. The minimum Gasteiger partial charge on any atom is -0.392 e. The molecule has 4 heteroatoms. The first-order chi connectivity index (χ1) is 9.79. The van der Waals surface area contributed by atoms with Gasteiger partial charge in [0.05, 0.1) is 6.61 Å². The maximum Gasteiger partial charge on any atom is 0.136 e. The number of anilines is 1. The van der Waals surface area contributed by atoms with E-state index in [0.717, 1.165) is 54.8 Å². The molecular formula is C16H21N3O. The largest absolute Gasteiger partial charge is 0.392 e. The summed E-state index contributed by atoms with van der Waals surface area (Å²) in [5.74, 6) is 1.05. The average molecular weight is 271 g/mol. The van der Waals surface area contributed by atoms with E-state index in [1.165, 1.54) is 0 Å². The minimum absolute atomic E-state index is 0.0382. The van der Waals surface area contributed by atoms with Crippen molar-refractivity contribution >= 4 is 16.6 Å². The molecule has 1 fully saturated rings. The van der Waals surface area contributed by atoms with Crippen molar-refractivity contribution in [2.75, 3.05) is 38.1 Å². The molecule has 0 saturated carbocycles. The number of aliphatic hydroxyl groups is 1. The van der Waals surface area contributed by atoms with E-state index >= 15 is 0 Å². The lowest BCUT2D eigenvalue weighted by atomic mass is 10.1. The summed E-state index contributed by atoms with van der Waals surface area (Å²) >= 11 is 0. The molecule has 1 aliphatic rings. The number of pyridine rings is 1. The fourth-order valence-electron chi connectivity index (χ4n) is 2.87. The number of aliphatic hydroxyl groups excluding tert-OH is 1. The molecule has 2 heterocycles. The van der Waals surface area contributed by atoms with Gasteiger partial charge in [0.1, 0.15) is 5.82 Å². The van der Waals surface area contributed by atoms with E-state index in [1.807, 2.05) is 18.3 Å². The van der Waals surface area contributed by atoms with E-state index < -0.39 is 0 Å². The van der Waals surface area contributed by atoms with Crippen molar-refractivity contribution in [2.24, 2.45) is 0 Å². The van der Waals surface area contributed by atoms with Gasteiger partial charge in [-0.1, -0.05) is 24.3 Å². The third kappa shape index (κ3) is 2.49. The molecule has 0 aliphatic carbocycles. The Kier molecular flexibility index (Phi) is 3.85. The van der Waals surface area contributed by atoms with Crippen LogP contribution in [0.1, 0.15) is 12.0 Å². The van der Waals surface area contributed by atoms with Gasteiger partial charge < -0.3 is 14.9 Å². The first kappa shape index (κ1) is 13.3. The van der Waals surface area contributed by atoms with Crippen LogP contribution < -0.4 is 4.90 Å². The molecule has 0 amide bonds. The van der Waals surface area contributed by atoms with E-state index in [-0.39, 0.29) is 6.61 Å². The number of hydrogen-bond donors (Lipinski definition) is 1. The first-order valence-electron chi connectivity index (χ1n) is 7.20. The molecule has 0 radical (unpaired) electrons. The first-order valence-corrected chi connectivity index (χ1v) is 7.20. The van der Waals surface area contributed by atoms with Gasteiger partial charge in [0.2, 0.25) is 0 Å². The summed E-state index contributed by atoms with van der Waals surface area (Å²) in [6, 6.07) is 8.22. The minimum atomic E-state index is 0.0382. The number of benzene rings is 1. The van der Waals surface area contributed by atoms with Crippen molar-refractivity contribution in [3.63, 3.8) is 0 Å². The Morgan fingerprint density at radius 3 is 2.70 bits per heavy atom. The Balaban J connectivity index is 2.03. The van der Waals surface area contributed by atoms with Gasteiger partial charge in [0.25, 0.3) is 0 Å². The smallest absolute Gasteiger partial charge is 0.136 e. The molecule has 1 aliphatic heterocycles. The van der Waals surface area contributed by atoms with Crippen LogP contribution in [0, 0.1) is 0 Å². The van der Waals surface area contributed by atoms with Crippen LogP contribution in [0.2, 0.25) is 0 Å². The second-order valence-corrected chi connectivity index (χ2v) is 5.45. The summed E-state index contributed by atoms with van der Waals surface area (Å²) in [5.41, 5.74) is 0.899. The van der Waals surface area contributed by atoms with Crippen molar-refractivity contribution < 1.29 is 5.11 Å². The van der Waals surface area contributed by atoms with Crippen molar-refractivity contribution in [3.05, 3.63) is 36.0 Å². The molecule has 1 aromatic heterocycles. The van der Waals surface area contributed by atoms with Crippen LogP contribution in [-0.4, -0.2) is 48.2 Å². The van der Waals surface area contributed by atoms with Crippen molar-refractivity contribution in [1.29, 1.82) is 0 Å². The highest BCUT2D eigenvalue weighted by Crippen LogP contribution is 2.27. The summed E-state index contributed by atoms with van der Waals surface area (Å²) in [6.07, 6.45) is 2.97. The van der Waals surface area contributed by atoms with Gasteiger partial charge in [-0.05, 0) is 25.4 Å². The molecule has 0 bridgehead atoms. The van der Waals surface area contributed by atoms with Crippen LogP contribution in [-0.2, 0) is 6.61 Å². The maximum atomic E-state index is 9.46. The number of nitrogens with zero attached hydrogens (tertiary/aromatic N) is 3. The van der Waals surface area contributed by atoms with E-state index in [2.05, 4.69) is 34.0 Å². The molecule has 2 aromatic rings. The van der Waals surface area contributed by atoms with Gasteiger partial charge in [0.15, 0.2) is 0 Å². The highest BCUT2D eigenvalue weighted by Gasteiger charge is 2.16. The molecule has 1 N–H and O–H groups in total. The van der Waals surface area contributed by atoms with Crippen LogP contribution in [0.3, 0.4) is 0 Å². The lowest BCUT2D eigenvalue weighted by molar-refractivity contribution is 0.283. The van der Waals surface area contributed by atoms with Gasteiger partial charge in [0, 0.05) is 36.8 Å². The number of hydrogen-bond acceptors (Lipinski definition) is 4. The van der Waals surface area contributed by atoms with E-state index in [9.17, 15) is 5.11 Å². The highest BCUT2D eigenvalue weighted by atomic mass is 16.3. The number of likely N-dealkylation sites (N-methyl/N-ethyl adjacent to an activating group) is 1. The fraction of sp³-hybridized carbons (Fsp3) is 0.438. The normalized spacial score (nSPS) is 17.4. The topological polar surface area (TPSA) is 39.6 Å². The number of aromatic nitrogens is 1. The van der Waals surface area contributed by atoms with Crippen molar-refractivity contribution in [3.8, 4) is 0 Å². The zero-order valence-electron chi connectivity index (χ0n) is 11.9. The second-order valence-electron chi connectivity index (χ2n) is 5.45. The predicted molar refractivity (Wildman–Crippen MR) is 82.0 cm³/mol. The quantitative estimate of drug-likeness (QED) is 0.905. The molecule has 1 saturated heterocycles. The Morgan fingerprint density at radius 2 is 1.90 bits per heavy atom. The zero-order valence-corrected chi connectivity index (χ0v) is 11.9. The summed E-state index contributed by atoms with van der Waals surface area (Å²) < 4.78 is 0. The Bertz CT molecular complexity index is 599. The molecule has 4 nitrogen and oxygen atoms in total. The van der Waals surface area contributed by atoms with Crippen LogP contribution in [0.4, 0.5) is 5.82 Å². The van der Waals surface area contributed by atoms with Crippen molar-refractivity contribution in [1.82, 2.24) is 9.88 Å². The molecule has 0 spiro atoms. The van der Waals surface area contributed by atoms with Gasteiger partial charge in [-0.25, -0.2) is 4.98 Å². The third-order valence-corrected chi connectivity index (χ3v) is 4.05. The number of fused-ring (bicyclic) bond motifs is 1. The highest BCUT2D eigenvalue weighted by molar-refractivity contribution is 5.94. The van der Waals surface area contributed by atoms with Crippen LogP contribution >= 0.6 is 0 Å². The zero-order chi connectivity index (χ0) is 13.9. The second kappa shape index (κ2) is 5.77. The van der Waals surface area contributed by atoms with E-state index in [0.29, 0.717) is 0 Å². The summed E-state index contributed by atoms with van der Waals surface area (Å²) in [7, 11) is 2.17. The summed E-state index contributed by atoms with van der Waals surface area (Å²) in [6.45, 7) is 4.29. The van der Waals surface area contributed by atoms with Crippen molar-refractivity contribution in [2.45, 2.75) is 13.0 Å². The molecule has 20 heavy (non-hydrogen) atoms. The predicted octanol–water partition coefficient (Wildman–Crippen LogP) is 1.87. The van der Waals surface area contributed by atoms with Gasteiger partial charge in [-0.15, -0.1) is 0 Å². The fourth-order valence-corrected chi connectivity index (χ4v) is 2.87. The Hall–Kier alpha value is -1.65. The maximum absolute atomic E-state index is 9.46. The lowest BCUT2D eigenvalue weighted by Gasteiger charge is -2.23. The van der Waals surface area contributed by atoms with E-state index in [1.54, 1.807) is 0 Å². The Labute approximate surface area is 119 Å². The molecule has 0 unspecified atom stereocenters. The van der Waals surface area contributed by atoms with E-state index in [4.69, 9.17) is 0 Å². The molecular weight excluding hydrogens is 250 g/mol.